The van der Waals surface area contributed by atoms with E-state index >= 15 is 0 Å². The number of nitrogens with one attached hydrogen (secondary N) is 2. The highest BCUT2D eigenvalue weighted by Crippen LogP contribution is 2.31. The zero-order valence-corrected chi connectivity index (χ0v) is 11.3. The smallest absolute Gasteiger partial charge is 0.171 e. The molecule has 16 heavy (non-hydrogen) atoms. The van der Waals surface area contributed by atoms with Crippen LogP contribution in [0.25, 0.3) is 0 Å². The van der Waals surface area contributed by atoms with E-state index in [4.69, 9.17) is 23.8 Å². The molecule has 0 unspecified atom stereocenters. The van der Waals surface area contributed by atoms with Crippen molar-refractivity contribution in [3.8, 4) is 0 Å². The lowest BCUT2D eigenvalue weighted by atomic mass is 10.3. The Kier molecular flexibility index (Phi) is 3.66. The second-order valence-corrected chi connectivity index (χ2v) is 5.29. The number of anilines is 1. The lowest BCUT2D eigenvalue weighted by Crippen LogP contribution is -2.30. The second-order valence-electron chi connectivity index (χ2n) is 3.62. The molecule has 6 heteroatoms. The van der Waals surface area contributed by atoms with Crippen LogP contribution in [0.4, 0.5) is 10.1 Å². The fraction of sp³-hybridized carbons (Fsp3) is 0.300. The van der Waals surface area contributed by atoms with Gasteiger partial charge in [0.05, 0.1) is 10.7 Å². The second kappa shape index (κ2) is 4.85. The third kappa shape index (κ3) is 3.06. The molecule has 2 rings (SSSR count). The maximum Gasteiger partial charge on any atom is 0.171 e. The zero-order chi connectivity index (χ0) is 11.7. The topological polar surface area (TPSA) is 24.1 Å². The SMILES string of the molecule is Fc1cc(Cl)c(NC(=S)NC2CC2)c(Br)c1. The molecule has 1 aromatic rings. The molecule has 2 N–H and O–H groups in total. The molecular formula is C10H9BrClFN2S. The van der Waals surface area contributed by atoms with Crippen LogP contribution >= 0.6 is 39.7 Å². The molecule has 1 aliphatic rings. The van der Waals surface area contributed by atoms with E-state index in [1.54, 1.807) is 0 Å². The zero-order valence-electron chi connectivity index (χ0n) is 8.19. The van der Waals surface area contributed by atoms with Gasteiger partial charge in [0.25, 0.3) is 0 Å². The lowest BCUT2D eigenvalue weighted by Gasteiger charge is -2.12. The molecule has 0 amide bonds. The summed E-state index contributed by atoms with van der Waals surface area (Å²) in [5.74, 6) is -0.386. The molecule has 1 saturated carbocycles. The molecule has 0 bridgehead atoms. The Hall–Kier alpha value is -0.390. The van der Waals surface area contributed by atoms with Crippen LogP contribution in [-0.2, 0) is 0 Å². The van der Waals surface area contributed by atoms with Crippen molar-refractivity contribution >= 4 is 50.5 Å². The van der Waals surface area contributed by atoms with Crippen LogP contribution in [-0.4, -0.2) is 11.2 Å². The lowest BCUT2D eigenvalue weighted by molar-refractivity contribution is 0.627. The Morgan fingerprint density at radius 2 is 2.19 bits per heavy atom. The van der Waals surface area contributed by atoms with Crippen LogP contribution in [0.2, 0.25) is 5.02 Å². The Balaban J connectivity index is 2.10. The third-order valence-corrected chi connectivity index (χ3v) is 3.30. The minimum absolute atomic E-state index is 0.298. The minimum atomic E-state index is -0.386. The van der Waals surface area contributed by atoms with Crippen molar-refractivity contribution in [1.29, 1.82) is 0 Å². The third-order valence-electron chi connectivity index (χ3n) is 2.16. The van der Waals surface area contributed by atoms with E-state index in [1.165, 1.54) is 12.1 Å². The van der Waals surface area contributed by atoms with Crippen molar-refractivity contribution < 1.29 is 4.39 Å². The standard InChI is InChI=1S/C10H9BrClFN2S/c11-7-3-5(13)4-8(12)9(7)15-10(16)14-6-1-2-6/h3-4,6H,1-2H2,(H2,14,15,16). The quantitative estimate of drug-likeness (QED) is 0.812. The Labute approximate surface area is 112 Å². The normalized spacial score (nSPS) is 14.7. The van der Waals surface area contributed by atoms with Crippen molar-refractivity contribution in [3.63, 3.8) is 0 Å². The average molecular weight is 324 g/mol. The molecule has 0 aliphatic heterocycles. The van der Waals surface area contributed by atoms with Gasteiger partial charge in [-0.05, 0) is 53.1 Å². The highest BCUT2D eigenvalue weighted by Gasteiger charge is 2.22. The van der Waals surface area contributed by atoms with Crippen molar-refractivity contribution in [3.05, 3.63) is 27.4 Å². The molecule has 2 nitrogen and oxygen atoms in total. The molecule has 0 saturated heterocycles. The Morgan fingerprint density at radius 3 is 2.75 bits per heavy atom. The molecule has 1 fully saturated rings. The van der Waals surface area contributed by atoms with Crippen molar-refractivity contribution in [2.45, 2.75) is 18.9 Å². The molecule has 1 aromatic carbocycles. The van der Waals surface area contributed by atoms with Gasteiger partial charge < -0.3 is 10.6 Å². The number of hydrogen-bond acceptors (Lipinski definition) is 1. The van der Waals surface area contributed by atoms with Gasteiger partial charge in [0, 0.05) is 10.5 Å². The van der Waals surface area contributed by atoms with Crippen LogP contribution < -0.4 is 10.6 Å². The van der Waals surface area contributed by atoms with Crippen molar-refractivity contribution in [2.24, 2.45) is 0 Å². The summed E-state index contributed by atoms with van der Waals surface area (Å²) in [5, 5.41) is 6.88. The number of thiocarbonyl (C=S) groups is 1. The predicted molar refractivity (Wildman–Crippen MR) is 71.5 cm³/mol. The van der Waals surface area contributed by atoms with Crippen LogP contribution in [0.3, 0.4) is 0 Å². The van der Waals surface area contributed by atoms with Crippen molar-refractivity contribution in [2.75, 3.05) is 5.32 Å². The van der Waals surface area contributed by atoms with Gasteiger partial charge >= 0.3 is 0 Å². The molecule has 1 aliphatic carbocycles. The maximum absolute atomic E-state index is 13.0. The van der Waals surface area contributed by atoms with Gasteiger partial charge in [0.1, 0.15) is 5.82 Å². The van der Waals surface area contributed by atoms with Gasteiger partial charge in [-0.3, -0.25) is 0 Å². The number of hydrogen-bond donors (Lipinski definition) is 2. The summed E-state index contributed by atoms with van der Waals surface area (Å²) in [5.41, 5.74) is 0.584. The summed E-state index contributed by atoms with van der Waals surface area (Å²) < 4.78 is 13.5. The van der Waals surface area contributed by atoms with E-state index < -0.39 is 0 Å². The monoisotopic (exact) mass is 322 g/mol. The number of halogens is 3. The molecule has 0 heterocycles. The summed E-state index contributed by atoms with van der Waals surface area (Å²) in [6.45, 7) is 0. The van der Waals surface area contributed by atoms with Crippen molar-refractivity contribution in [1.82, 2.24) is 5.32 Å². The van der Waals surface area contributed by atoms with Gasteiger partial charge in [-0.25, -0.2) is 4.39 Å². The van der Waals surface area contributed by atoms with Crippen LogP contribution in [0, 0.1) is 5.82 Å². The first-order valence-electron chi connectivity index (χ1n) is 4.78. The fourth-order valence-corrected chi connectivity index (χ4v) is 2.39. The Morgan fingerprint density at radius 1 is 1.50 bits per heavy atom. The first kappa shape index (κ1) is 12.1. The van der Waals surface area contributed by atoms with E-state index in [-0.39, 0.29) is 5.82 Å². The Bertz CT molecular complexity index is 414. The molecule has 0 radical (unpaired) electrons. The van der Waals surface area contributed by atoms with Crippen LogP contribution in [0.5, 0.6) is 0 Å². The van der Waals surface area contributed by atoms with Gasteiger partial charge in [-0.2, -0.15) is 0 Å². The van der Waals surface area contributed by atoms with Gasteiger partial charge in [0.15, 0.2) is 5.11 Å². The minimum Gasteiger partial charge on any atom is -0.360 e. The van der Waals surface area contributed by atoms with Gasteiger partial charge in [-0.1, -0.05) is 11.6 Å². The van der Waals surface area contributed by atoms with E-state index in [9.17, 15) is 4.39 Å². The predicted octanol–water partition coefficient (Wildman–Crippen LogP) is 3.69. The van der Waals surface area contributed by atoms with Crippen LogP contribution in [0.1, 0.15) is 12.8 Å². The maximum atomic E-state index is 13.0. The van der Waals surface area contributed by atoms with Gasteiger partial charge in [0.2, 0.25) is 0 Å². The summed E-state index contributed by atoms with van der Waals surface area (Å²) in [4.78, 5) is 0. The fourth-order valence-electron chi connectivity index (χ4n) is 1.22. The van der Waals surface area contributed by atoms with E-state index in [0.717, 1.165) is 12.8 Å². The molecular weight excluding hydrogens is 315 g/mol. The molecule has 0 aromatic heterocycles. The summed E-state index contributed by atoms with van der Waals surface area (Å²) in [6.07, 6.45) is 2.28. The highest BCUT2D eigenvalue weighted by atomic mass is 79.9. The average Bonchev–Trinajstić information content (AvgIpc) is 2.95. The van der Waals surface area contributed by atoms with E-state index in [2.05, 4.69) is 26.6 Å². The summed E-state index contributed by atoms with van der Waals surface area (Å²) in [7, 11) is 0. The largest absolute Gasteiger partial charge is 0.360 e. The van der Waals surface area contributed by atoms with Crippen LogP contribution in [0.15, 0.2) is 16.6 Å². The number of rotatable bonds is 2. The van der Waals surface area contributed by atoms with E-state index in [0.29, 0.717) is 26.3 Å². The summed E-state index contributed by atoms with van der Waals surface area (Å²) in [6, 6.07) is 3.06. The highest BCUT2D eigenvalue weighted by molar-refractivity contribution is 9.10. The number of benzene rings is 1. The molecule has 86 valence electrons. The van der Waals surface area contributed by atoms with Gasteiger partial charge in [-0.15, -0.1) is 0 Å². The molecule has 0 atom stereocenters. The molecule has 0 spiro atoms. The summed E-state index contributed by atoms with van der Waals surface area (Å²) >= 11 is 14.3. The first-order chi connectivity index (χ1) is 7.56. The first-order valence-corrected chi connectivity index (χ1v) is 6.36. The van der Waals surface area contributed by atoms with E-state index in [1.807, 2.05) is 0 Å².